The molecule has 5 heterocycles. The number of benzene rings is 3. The van der Waals surface area contributed by atoms with Gasteiger partial charge in [-0.25, -0.2) is 19.6 Å². The molecule has 264 valence electrons. The first-order valence-corrected chi connectivity index (χ1v) is 17.5. The number of likely N-dealkylation sites (tertiary alicyclic amines) is 2. The molecule has 13 nitrogen and oxygen atoms in total. The summed E-state index contributed by atoms with van der Waals surface area (Å²) in [6.45, 7) is 7.42. The van der Waals surface area contributed by atoms with Crippen molar-refractivity contribution < 1.29 is 29.0 Å². The Balaban J connectivity index is 1.09. The minimum Gasteiger partial charge on any atom is -0.488 e. The van der Waals surface area contributed by atoms with Gasteiger partial charge >= 0.3 is 12.2 Å². The molecular formula is C38H41N7O6. The largest absolute Gasteiger partial charge is 0.488 e. The summed E-state index contributed by atoms with van der Waals surface area (Å²) < 4.78 is 11.1. The molecule has 8 rings (SSSR count). The average Bonchev–Trinajstić information content (AvgIpc) is 3.94. The quantitative estimate of drug-likeness (QED) is 0.151. The number of nitrogens with one attached hydrogen (secondary N) is 3. The van der Waals surface area contributed by atoms with E-state index in [1.807, 2.05) is 24.8 Å². The van der Waals surface area contributed by atoms with Crippen LogP contribution in [0, 0.1) is 11.8 Å². The van der Waals surface area contributed by atoms with E-state index in [4.69, 9.17) is 14.5 Å². The number of hydrogen-bond acceptors (Lipinski definition) is 7. The third-order valence-corrected chi connectivity index (χ3v) is 10.6. The Hall–Kier alpha value is -5.59. The maximum Gasteiger partial charge on any atom is 0.407 e. The van der Waals surface area contributed by atoms with Crippen LogP contribution in [0.3, 0.4) is 0 Å². The number of imidazole rings is 2. The van der Waals surface area contributed by atoms with Crippen molar-refractivity contribution in [2.75, 3.05) is 20.2 Å². The zero-order valence-corrected chi connectivity index (χ0v) is 29.0. The van der Waals surface area contributed by atoms with E-state index < -0.39 is 18.2 Å². The number of carbonyl (C=O) groups is 3. The lowest BCUT2D eigenvalue weighted by molar-refractivity contribution is -0.135. The van der Waals surface area contributed by atoms with Crippen LogP contribution in [-0.4, -0.2) is 79.2 Å². The number of rotatable bonds is 6. The Labute approximate surface area is 294 Å². The number of aromatic nitrogens is 4. The van der Waals surface area contributed by atoms with E-state index in [9.17, 15) is 19.5 Å². The van der Waals surface area contributed by atoms with Gasteiger partial charge in [-0.1, -0.05) is 39.0 Å². The molecule has 51 heavy (non-hydrogen) atoms. The maximum atomic E-state index is 13.8. The minimum atomic E-state index is -0.922. The van der Waals surface area contributed by atoms with E-state index in [1.54, 1.807) is 6.20 Å². The van der Waals surface area contributed by atoms with E-state index in [1.165, 1.54) is 12.0 Å². The van der Waals surface area contributed by atoms with Crippen molar-refractivity contribution >= 4 is 39.9 Å². The average molecular weight is 692 g/mol. The topological polar surface area (TPSA) is 166 Å². The molecular weight excluding hydrogens is 650 g/mol. The van der Waals surface area contributed by atoms with Gasteiger partial charge in [0, 0.05) is 24.0 Å². The van der Waals surface area contributed by atoms with Crippen LogP contribution in [0.4, 0.5) is 9.59 Å². The highest BCUT2D eigenvalue weighted by Gasteiger charge is 2.40. The number of alkyl carbamates (subject to hydrolysis) is 1. The first-order valence-electron chi connectivity index (χ1n) is 17.5. The molecule has 2 aromatic heterocycles. The Bertz CT molecular complexity index is 2190. The molecule has 2 saturated heterocycles. The summed E-state index contributed by atoms with van der Waals surface area (Å²) in [6.07, 6.45) is 2.55. The van der Waals surface area contributed by atoms with Crippen molar-refractivity contribution in [3.8, 4) is 28.1 Å². The van der Waals surface area contributed by atoms with Gasteiger partial charge in [0.2, 0.25) is 5.91 Å². The monoisotopic (exact) mass is 691 g/mol. The smallest absolute Gasteiger partial charge is 0.407 e. The SMILES string of the molecule is COC(=O)N[C@H](C(=O)N1C[C@@H](C)C[C@H]1c1nc2ccc3cc4c(cc3c2[nH]1)OCc1cc(-c2cnc([C@@H]3CCCN3C(=O)O)[nH]2)ccc1-4)C(C)C. The van der Waals surface area contributed by atoms with Crippen molar-refractivity contribution in [2.45, 2.75) is 64.8 Å². The molecule has 5 aromatic rings. The molecule has 2 fully saturated rings. The molecule has 3 aliphatic rings. The number of amides is 3. The van der Waals surface area contributed by atoms with Crippen LogP contribution >= 0.6 is 0 Å². The molecule has 0 spiro atoms. The van der Waals surface area contributed by atoms with Crippen molar-refractivity contribution in [3.05, 3.63) is 65.9 Å². The van der Waals surface area contributed by atoms with Gasteiger partial charge in [-0.2, -0.15) is 0 Å². The summed E-state index contributed by atoms with van der Waals surface area (Å²) >= 11 is 0. The Morgan fingerprint density at radius 1 is 1.04 bits per heavy atom. The van der Waals surface area contributed by atoms with E-state index in [-0.39, 0.29) is 29.8 Å². The van der Waals surface area contributed by atoms with E-state index in [2.05, 4.69) is 63.6 Å². The molecule has 0 bridgehead atoms. The summed E-state index contributed by atoms with van der Waals surface area (Å²) in [4.78, 5) is 57.3. The lowest BCUT2D eigenvalue weighted by atomic mass is 9.92. The normalized spacial score (nSPS) is 20.4. The third kappa shape index (κ3) is 5.70. The van der Waals surface area contributed by atoms with Crippen LogP contribution < -0.4 is 10.1 Å². The first kappa shape index (κ1) is 32.6. The van der Waals surface area contributed by atoms with Gasteiger partial charge in [-0.3, -0.25) is 9.69 Å². The van der Waals surface area contributed by atoms with Crippen LogP contribution in [0.25, 0.3) is 44.2 Å². The van der Waals surface area contributed by atoms with Crippen molar-refractivity contribution in [1.82, 2.24) is 35.1 Å². The standard InChI is InChI=1S/C38H41N7O6/c1-19(2)32(43-37(47)50-4)36(46)45-17-20(3)12-30(45)35-40-27-10-8-21-14-26-24-9-7-22(13-23(24)18-51-31(26)15-25(21)33(27)42-35)28-16-39-34(41-28)29-6-5-11-44(29)38(48)49/h7-10,13-16,19-20,29-30,32H,5-6,11-12,17-18H2,1-4H3,(H,39,41)(H,40,42)(H,43,47)(H,48,49)/t20-,29-,30-,32-/m0/s1. The van der Waals surface area contributed by atoms with Crippen molar-refractivity contribution in [3.63, 3.8) is 0 Å². The highest BCUT2D eigenvalue weighted by molar-refractivity contribution is 6.07. The second kappa shape index (κ2) is 12.6. The van der Waals surface area contributed by atoms with Crippen LogP contribution in [-0.2, 0) is 16.1 Å². The number of methoxy groups -OCH3 is 1. The fraction of sp³-hybridized carbons (Fsp3) is 0.395. The van der Waals surface area contributed by atoms with Gasteiger partial charge in [-0.05, 0) is 77.4 Å². The molecule has 0 aliphatic carbocycles. The molecule has 3 aromatic carbocycles. The minimum absolute atomic E-state index is 0.123. The summed E-state index contributed by atoms with van der Waals surface area (Å²) in [7, 11) is 1.29. The van der Waals surface area contributed by atoms with E-state index in [0.29, 0.717) is 25.5 Å². The number of fused-ring (bicyclic) bond motifs is 6. The molecule has 4 N–H and O–H groups in total. The predicted molar refractivity (Wildman–Crippen MR) is 190 cm³/mol. The van der Waals surface area contributed by atoms with Crippen LogP contribution in [0.15, 0.2) is 48.7 Å². The van der Waals surface area contributed by atoms with Gasteiger partial charge < -0.3 is 34.8 Å². The molecule has 0 saturated carbocycles. The van der Waals surface area contributed by atoms with Gasteiger partial charge in [-0.15, -0.1) is 0 Å². The summed E-state index contributed by atoms with van der Waals surface area (Å²) in [5.41, 5.74) is 6.63. The fourth-order valence-corrected chi connectivity index (χ4v) is 8.00. The van der Waals surface area contributed by atoms with Crippen LogP contribution in [0.5, 0.6) is 5.75 Å². The van der Waals surface area contributed by atoms with E-state index >= 15 is 0 Å². The lowest BCUT2D eigenvalue weighted by Gasteiger charge is -2.30. The number of carbonyl (C=O) groups excluding carboxylic acids is 2. The highest BCUT2D eigenvalue weighted by Crippen LogP contribution is 2.43. The predicted octanol–water partition coefficient (Wildman–Crippen LogP) is 6.77. The number of carboxylic acid groups (broad SMARTS) is 1. The lowest BCUT2D eigenvalue weighted by Crippen LogP contribution is -2.51. The van der Waals surface area contributed by atoms with Gasteiger partial charge in [0.05, 0.1) is 42.1 Å². The zero-order chi connectivity index (χ0) is 35.6. The van der Waals surface area contributed by atoms with E-state index in [0.717, 1.165) is 80.6 Å². The number of hydrogen-bond donors (Lipinski definition) is 4. The summed E-state index contributed by atoms with van der Waals surface area (Å²) in [6, 6.07) is 13.3. The zero-order valence-electron chi connectivity index (χ0n) is 29.0. The van der Waals surface area contributed by atoms with Crippen LogP contribution in [0.2, 0.25) is 0 Å². The molecule has 3 amide bonds. The second-order valence-corrected chi connectivity index (χ2v) is 14.3. The molecule has 13 heteroatoms. The first-order chi connectivity index (χ1) is 24.6. The molecule has 4 atom stereocenters. The molecule has 0 radical (unpaired) electrons. The van der Waals surface area contributed by atoms with Crippen LogP contribution in [0.1, 0.15) is 69.3 Å². The number of aromatic amines is 2. The Morgan fingerprint density at radius 3 is 2.67 bits per heavy atom. The van der Waals surface area contributed by atoms with Crippen molar-refractivity contribution in [1.29, 1.82) is 0 Å². The fourth-order valence-electron chi connectivity index (χ4n) is 8.00. The van der Waals surface area contributed by atoms with Crippen molar-refractivity contribution in [2.24, 2.45) is 11.8 Å². The number of nitrogens with zero attached hydrogens (tertiary/aromatic N) is 4. The third-order valence-electron chi connectivity index (χ3n) is 10.6. The summed E-state index contributed by atoms with van der Waals surface area (Å²) in [5.74, 6) is 2.17. The van der Waals surface area contributed by atoms with Gasteiger partial charge in [0.15, 0.2) is 0 Å². The second-order valence-electron chi connectivity index (χ2n) is 14.3. The number of ether oxygens (including phenoxy) is 2. The molecule has 0 unspecified atom stereocenters. The Morgan fingerprint density at radius 2 is 1.88 bits per heavy atom. The Kier molecular flexibility index (Phi) is 8.07. The molecule has 3 aliphatic heterocycles. The number of H-pyrrole nitrogens is 2. The summed E-state index contributed by atoms with van der Waals surface area (Å²) in [5, 5.41) is 14.3. The van der Waals surface area contributed by atoms with Gasteiger partial charge in [0.25, 0.3) is 0 Å². The maximum absolute atomic E-state index is 13.8. The highest BCUT2D eigenvalue weighted by atomic mass is 16.5. The van der Waals surface area contributed by atoms with Gasteiger partial charge in [0.1, 0.15) is 30.0 Å².